The molecule has 3 N–H and O–H groups in total. The Balaban J connectivity index is 1.59. The molecule has 0 unspecified atom stereocenters. The Morgan fingerprint density at radius 3 is 2.62 bits per heavy atom. The maximum Gasteiger partial charge on any atom is 0.253 e. The van der Waals surface area contributed by atoms with Crippen LogP contribution in [0.25, 0.3) is 0 Å². The van der Waals surface area contributed by atoms with Crippen LogP contribution < -0.4 is 20.7 Å². The molecule has 166 valence electrons. The number of anilines is 4. The van der Waals surface area contributed by atoms with Crippen molar-refractivity contribution < 1.29 is 9.53 Å². The smallest absolute Gasteiger partial charge is 0.253 e. The number of aryl methyl sites for hydroxylation is 2. The van der Waals surface area contributed by atoms with Crippen molar-refractivity contribution in [2.75, 3.05) is 24.8 Å². The molecule has 7 nitrogen and oxygen atoms in total. The van der Waals surface area contributed by atoms with E-state index >= 15 is 0 Å². The number of benzene rings is 2. The number of aromatic nitrogens is 2. The van der Waals surface area contributed by atoms with E-state index in [-0.39, 0.29) is 5.91 Å². The van der Waals surface area contributed by atoms with Gasteiger partial charge < -0.3 is 20.7 Å². The van der Waals surface area contributed by atoms with Crippen molar-refractivity contribution in [3.8, 4) is 5.75 Å². The molecule has 3 aromatic rings. The Kier molecular flexibility index (Phi) is 6.75. The van der Waals surface area contributed by atoms with Crippen molar-refractivity contribution in [2.45, 2.75) is 32.1 Å². The highest BCUT2D eigenvalue weighted by Crippen LogP contribution is 2.30. The Hall–Kier alpha value is -3.32. The number of rotatable bonds is 6. The Morgan fingerprint density at radius 2 is 1.84 bits per heavy atom. The number of hydrogen-bond donors (Lipinski definition) is 3. The van der Waals surface area contributed by atoms with E-state index in [0.717, 1.165) is 18.5 Å². The van der Waals surface area contributed by atoms with E-state index in [2.05, 4.69) is 44.1 Å². The van der Waals surface area contributed by atoms with E-state index in [4.69, 9.17) is 16.3 Å². The molecule has 0 fully saturated rings. The molecule has 4 rings (SSSR count). The molecule has 1 aliphatic rings. The van der Waals surface area contributed by atoms with Crippen molar-refractivity contribution in [1.29, 1.82) is 0 Å². The zero-order valence-electron chi connectivity index (χ0n) is 18.2. The minimum Gasteiger partial charge on any atom is -0.497 e. The van der Waals surface area contributed by atoms with Crippen LogP contribution in [0.4, 0.5) is 23.1 Å². The largest absolute Gasteiger partial charge is 0.497 e. The second-order valence-electron chi connectivity index (χ2n) is 7.67. The molecule has 1 heterocycles. The summed E-state index contributed by atoms with van der Waals surface area (Å²) in [6.45, 7) is 0. The molecule has 0 spiro atoms. The zero-order valence-corrected chi connectivity index (χ0v) is 18.9. The third kappa shape index (κ3) is 4.94. The molecule has 0 saturated heterocycles. The normalized spacial score (nSPS) is 13.0. The number of hydrogen-bond acceptors (Lipinski definition) is 6. The van der Waals surface area contributed by atoms with Crippen molar-refractivity contribution in [2.24, 2.45) is 0 Å². The van der Waals surface area contributed by atoms with E-state index in [1.165, 1.54) is 36.6 Å². The average Bonchev–Trinajstić information content (AvgIpc) is 3.06. The average molecular weight is 452 g/mol. The van der Waals surface area contributed by atoms with E-state index in [1.807, 2.05) is 0 Å². The summed E-state index contributed by atoms with van der Waals surface area (Å²) in [4.78, 5) is 21.2. The van der Waals surface area contributed by atoms with Gasteiger partial charge in [-0.1, -0.05) is 24.1 Å². The first-order valence-corrected chi connectivity index (χ1v) is 11.0. The van der Waals surface area contributed by atoms with Gasteiger partial charge in [-0.3, -0.25) is 4.79 Å². The maximum atomic E-state index is 12.3. The molecule has 1 aliphatic carbocycles. The second kappa shape index (κ2) is 9.87. The lowest BCUT2D eigenvalue weighted by Crippen LogP contribution is -2.19. The van der Waals surface area contributed by atoms with Gasteiger partial charge in [0.1, 0.15) is 10.8 Å². The predicted octanol–water partition coefficient (Wildman–Crippen LogP) is 5.25. The van der Waals surface area contributed by atoms with Crippen LogP contribution >= 0.6 is 11.6 Å². The SMILES string of the molecule is CNC(=O)c1cc(OC)ccc1Nc1nc(Nc2ccc3c(c2)CCCCC3)ncc1Cl. The van der Waals surface area contributed by atoms with Gasteiger partial charge in [-0.25, -0.2) is 4.98 Å². The number of ether oxygens (including phenoxy) is 1. The van der Waals surface area contributed by atoms with Crippen LogP contribution in [0.15, 0.2) is 42.6 Å². The molecule has 0 aliphatic heterocycles. The zero-order chi connectivity index (χ0) is 22.5. The maximum absolute atomic E-state index is 12.3. The topological polar surface area (TPSA) is 88.2 Å². The number of nitrogens with one attached hydrogen (secondary N) is 3. The minimum atomic E-state index is -0.250. The van der Waals surface area contributed by atoms with E-state index in [0.29, 0.717) is 33.8 Å². The molecule has 0 saturated carbocycles. The van der Waals surface area contributed by atoms with E-state index in [1.54, 1.807) is 32.4 Å². The van der Waals surface area contributed by atoms with Gasteiger partial charge >= 0.3 is 0 Å². The van der Waals surface area contributed by atoms with Crippen LogP contribution in [0, 0.1) is 0 Å². The van der Waals surface area contributed by atoms with Crippen LogP contribution in [0.3, 0.4) is 0 Å². The van der Waals surface area contributed by atoms with Crippen molar-refractivity contribution in [1.82, 2.24) is 15.3 Å². The summed E-state index contributed by atoms with van der Waals surface area (Å²) in [6, 6.07) is 11.6. The first-order chi connectivity index (χ1) is 15.6. The number of fused-ring (bicyclic) bond motifs is 1. The number of carbonyl (C=O) groups excluding carboxylic acids is 1. The quantitative estimate of drug-likeness (QED) is 0.443. The van der Waals surface area contributed by atoms with Gasteiger partial charge in [0.05, 0.1) is 24.6 Å². The van der Waals surface area contributed by atoms with Crippen LogP contribution in [0.1, 0.15) is 40.7 Å². The van der Waals surface area contributed by atoms with Gasteiger partial charge in [0.15, 0.2) is 5.82 Å². The van der Waals surface area contributed by atoms with Gasteiger partial charge in [-0.15, -0.1) is 0 Å². The molecule has 1 amide bonds. The van der Waals surface area contributed by atoms with Crippen LogP contribution in [0.2, 0.25) is 5.02 Å². The third-order valence-electron chi connectivity index (χ3n) is 5.55. The van der Waals surface area contributed by atoms with Gasteiger partial charge in [-0.2, -0.15) is 4.98 Å². The fourth-order valence-electron chi connectivity index (χ4n) is 3.84. The van der Waals surface area contributed by atoms with Gasteiger partial charge in [-0.05, 0) is 67.1 Å². The fraction of sp³-hybridized carbons (Fsp3) is 0.292. The summed E-state index contributed by atoms with van der Waals surface area (Å²) in [5.74, 6) is 1.14. The third-order valence-corrected chi connectivity index (χ3v) is 5.83. The van der Waals surface area contributed by atoms with E-state index in [9.17, 15) is 4.79 Å². The van der Waals surface area contributed by atoms with Crippen molar-refractivity contribution in [3.05, 3.63) is 64.3 Å². The lowest BCUT2D eigenvalue weighted by molar-refractivity contribution is 0.0963. The molecule has 8 heteroatoms. The highest BCUT2D eigenvalue weighted by molar-refractivity contribution is 6.33. The van der Waals surface area contributed by atoms with Crippen LogP contribution in [0.5, 0.6) is 5.75 Å². The lowest BCUT2D eigenvalue weighted by atomic mass is 10.0. The Labute approximate surface area is 192 Å². The van der Waals surface area contributed by atoms with Gasteiger partial charge in [0.2, 0.25) is 5.95 Å². The number of methoxy groups -OCH3 is 1. The highest BCUT2D eigenvalue weighted by Gasteiger charge is 2.15. The standard InChI is InChI=1S/C24H26ClN5O2/c1-26-23(31)19-13-18(32-2)10-11-21(19)29-22-20(25)14-27-24(30-22)28-17-9-8-15-6-4-3-5-7-16(15)12-17/h8-14H,3-7H2,1-2H3,(H,26,31)(H2,27,28,29,30). The Bertz CT molecular complexity index is 1140. The molecular weight excluding hydrogens is 426 g/mol. The molecule has 0 bridgehead atoms. The first kappa shape index (κ1) is 21.9. The summed E-state index contributed by atoms with van der Waals surface area (Å²) in [6.07, 6.45) is 7.51. The lowest BCUT2D eigenvalue weighted by Gasteiger charge is -2.14. The van der Waals surface area contributed by atoms with Crippen LogP contribution in [-0.4, -0.2) is 30.0 Å². The molecular formula is C24H26ClN5O2. The molecule has 1 aromatic heterocycles. The summed E-state index contributed by atoms with van der Waals surface area (Å²) in [7, 11) is 3.13. The van der Waals surface area contributed by atoms with Gasteiger partial charge in [0, 0.05) is 12.7 Å². The predicted molar refractivity (Wildman–Crippen MR) is 128 cm³/mol. The van der Waals surface area contributed by atoms with Crippen LogP contribution in [-0.2, 0) is 12.8 Å². The number of halogens is 1. The molecule has 32 heavy (non-hydrogen) atoms. The number of carbonyl (C=O) groups is 1. The van der Waals surface area contributed by atoms with E-state index < -0.39 is 0 Å². The van der Waals surface area contributed by atoms with Crippen molar-refractivity contribution >= 4 is 40.6 Å². The summed E-state index contributed by atoms with van der Waals surface area (Å²) >= 11 is 6.35. The number of nitrogens with zero attached hydrogens (tertiary/aromatic N) is 2. The summed E-state index contributed by atoms with van der Waals surface area (Å²) < 4.78 is 5.24. The monoisotopic (exact) mass is 451 g/mol. The Morgan fingerprint density at radius 1 is 1.03 bits per heavy atom. The molecule has 2 aromatic carbocycles. The molecule has 0 atom stereocenters. The fourth-order valence-corrected chi connectivity index (χ4v) is 3.98. The second-order valence-corrected chi connectivity index (χ2v) is 8.08. The summed E-state index contributed by atoms with van der Waals surface area (Å²) in [5.41, 5.74) is 4.72. The first-order valence-electron chi connectivity index (χ1n) is 10.7. The number of amides is 1. The molecule has 0 radical (unpaired) electrons. The van der Waals surface area contributed by atoms with Gasteiger partial charge in [0.25, 0.3) is 5.91 Å². The summed E-state index contributed by atoms with van der Waals surface area (Å²) in [5, 5.41) is 9.40. The highest BCUT2D eigenvalue weighted by atomic mass is 35.5. The minimum absolute atomic E-state index is 0.250. The van der Waals surface area contributed by atoms with Crippen molar-refractivity contribution in [3.63, 3.8) is 0 Å².